The van der Waals surface area contributed by atoms with Gasteiger partial charge in [-0.2, -0.15) is 10.5 Å². The third-order valence-corrected chi connectivity index (χ3v) is 8.02. The SMILES string of the molecule is N#Cc1ccc(C(C#N)C(c2cc3c4c(c2)CCCN4CCC3)C2C(=O)c3ccccc3C2=O)cc1. The Hall–Kier alpha value is -4.22. The molecule has 0 saturated heterocycles. The first-order valence-corrected chi connectivity index (χ1v) is 12.6. The lowest BCUT2D eigenvalue weighted by Gasteiger charge is -2.38. The second-order valence-electron chi connectivity index (χ2n) is 10.0. The van der Waals surface area contributed by atoms with Crippen molar-refractivity contribution < 1.29 is 9.59 Å². The fourth-order valence-corrected chi connectivity index (χ4v) is 6.42. The average Bonchev–Trinajstić information content (AvgIpc) is 3.17. The molecule has 1 aliphatic carbocycles. The first kappa shape index (κ1) is 22.3. The lowest BCUT2D eigenvalue weighted by atomic mass is 9.71. The number of hydrogen-bond acceptors (Lipinski definition) is 5. The zero-order valence-electron chi connectivity index (χ0n) is 19.9. The molecule has 6 rings (SSSR count). The summed E-state index contributed by atoms with van der Waals surface area (Å²) >= 11 is 0. The third kappa shape index (κ3) is 3.43. The number of aryl methyl sites for hydroxylation is 2. The number of nitrogens with zero attached hydrogens (tertiary/aromatic N) is 3. The number of carbonyl (C=O) groups excluding carboxylic acids is 2. The van der Waals surface area contributed by atoms with Gasteiger partial charge in [0.05, 0.1) is 29.5 Å². The number of rotatable bonds is 4. The van der Waals surface area contributed by atoms with Gasteiger partial charge in [-0.15, -0.1) is 0 Å². The first-order chi connectivity index (χ1) is 17.6. The second kappa shape index (κ2) is 8.77. The summed E-state index contributed by atoms with van der Waals surface area (Å²) < 4.78 is 0. The number of fused-ring (bicyclic) bond motifs is 1. The molecule has 3 aromatic rings. The van der Waals surface area contributed by atoms with Crippen LogP contribution in [0, 0.1) is 28.6 Å². The molecular formula is C31H25N3O2. The van der Waals surface area contributed by atoms with E-state index in [1.165, 1.54) is 16.8 Å². The van der Waals surface area contributed by atoms with Gasteiger partial charge in [-0.1, -0.05) is 48.5 Å². The van der Waals surface area contributed by atoms with Crippen molar-refractivity contribution in [3.05, 3.63) is 99.6 Å². The Morgan fingerprint density at radius 1 is 0.806 bits per heavy atom. The van der Waals surface area contributed by atoms with Crippen molar-refractivity contribution in [2.75, 3.05) is 18.0 Å². The first-order valence-electron chi connectivity index (χ1n) is 12.6. The van der Waals surface area contributed by atoms with Crippen LogP contribution in [0.3, 0.4) is 0 Å². The van der Waals surface area contributed by atoms with Crippen LogP contribution in [0.25, 0.3) is 0 Å². The van der Waals surface area contributed by atoms with Crippen molar-refractivity contribution >= 4 is 17.3 Å². The van der Waals surface area contributed by atoms with Gasteiger partial charge in [0.15, 0.2) is 11.6 Å². The Labute approximate surface area is 210 Å². The number of ketones is 2. The minimum absolute atomic E-state index is 0.206. The predicted octanol–water partition coefficient (Wildman–Crippen LogP) is 5.34. The third-order valence-electron chi connectivity index (χ3n) is 8.02. The van der Waals surface area contributed by atoms with Crippen molar-refractivity contribution in [3.63, 3.8) is 0 Å². The second-order valence-corrected chi connectivity index (χ2v) is 10.0. The Bertz CT molecular complexity index is 1410. The van der Waals surface area contributed by atoms with E-state index in [0.717, 1.165) is 44.3 Å². The summed E-state index contributed by atoms with van der Waals surface area (Å²) in [5.74, 6) is -2.69. The lowest BCUT2D eigenvalue weighted by Crippen LogP contribution is -2.35. The molecule has 2 aliphatic heterocycles. The summed E-state index contributed by atoms with van der Waals surface area (Å²) in [4.78, 5) is 29.9. The summed E-state index contributed by atoms with van der Waals surface area (Å²) in [6.45, 7) is 2.12. The molecule has 0 amide bonds. The van der Waals surface area contributed by atoms with Crippen LogP contribution >= 0.6 is 0 Å². The van der Waals surface area contributed by atoms with Gasteiger partial charge in [0.1, 0.15) is 0 Å². The largest absolute Gasteiger partial charge is 0.371 e. The minimum atomic E-state index is -0.948. The molecule has 2 unspecified atom stereocenters. The van der Waals surface area contributed by atoms with Gasteiger partial charge >= 0.3 is 0 Å². The lowest BCUT2D eigenvalue weighted by molar-refractivity contribution is 0.0810. The zero-order valence-corrected chi connectivity index (χ0v) is 19.9. The van der Waals surface area contributed by atoms with Crippen LogP contribution in [0.5, 0.6) is 0 Å². The molecule has 3 aliphatic rings. The van der Waals surface area contributed by atoms with Crippen LogP contribution in [0.2, 0.25) is 0 Å². The van der Waals surface area contributed by atoms with Crippen LogP contribution in [0.4, 0.5) is 5.69 Å². The van der Waals surface area contributed by atoms with Crippen molar-refractivity contribution in [2.45, 2.75) is 37.5 Å². The number of nitriles is 2. The van der Waals surface area contributed by atoms with E-state index in [0.29, 0.717) is 22.3 Å². The van der Waals surface area contributed by atoms with Crippen LogP contribution in [0.15, 0.2) is 60.7 Å². The maximum Gasteiger partial charge on any atom is 0.175 e. The highest BCUT2D eigenvalue weighted by Crippen LogP contribution is 2.47. The number of hydrogen-bond donors (Lipinski definition) is 0. The summed E-state index contributed by atoms with van der Waals surface area (Å²) in [7, 11) is 0. The molecule has 2 heterocycles. The van der Waals surface area contributed by atoms with Crippen molar-refractivity contribution in [3.8, 4) is 12.1 Å². The van der Waals surface area contributed by atoms with Gasteiger partial charge < -0.3 is 4.90 Å². The van der Waals surface area contributed by atoms with E-state index < -0.39 is 17.8 Å². The maximum atomic E-state index is 13.7. The molecule has 176 valence electrons. The fraction of sp³-hybridized carbons (Fsp3) is 0.290. The van der Waals surface area contributed by atoms with Gasteiger partial charge in [0, 0.05) is 35.8 Å². The zero-order chi connectivity index (χ0) is 24.8. The van der Waals surface area contributed by atoms with Gasteiger partial charge in [-0.05, 0) is 60.1 Å². The molecule has 0 N–H and O–H groups in total. The Kier molecular flexibility index (Phi) is 5.42. The van der Waals surface area contributed by atoms with Crippen LogP contribution in [-0.2, 0) is 12.8 Å². The molecule has 0 spiro atoms. The van der Waals surface area contributed by atoms with E-state index in [9.17, 15) is 20.1 Å². The topological polar surface area (TPSA) is 85.0 Å². The molecule has 0 bridgehead atoms. The molecule has 0 saturated carbocycles. The van der Waals surface area contributed by atoms with E-state index in [1.54, 1.807) is 48.5 Å². The maximum absolute atomic E-state index is 13.7. The molecule has 36 heavy (non-hydrogen) atoms. The van der Waals surface area contributed by atoms with Gasteiger partial charge in [0.2, 0.25) is 0 Å². The molecule has 5 nitrogen and oxygen atoms in total. The highest BCUT2D eigenvalue weighted by molar-refractivity contribution is 6.27. The fourth-order valence-electron chi connectivity index (χ4n) is 6.42. The average molecular weight is 472 g/mol. The molecule has 3 aromatic carbocycles. The highest BCUT2D eigenvalue weighted by Gasteiger charge is 2.47. The number of carbonyl (C=O) groups is 2. The molecule has 2 atom stereocenters. The molecular weight excluding hydrogens is 446 g/mol. The smallest absolute Gasteiger partial charge is 0.175 e. The summed E-state index contributed by atoms with van der Waals surface area (Å²) in [6, 6.07) is 22.8. The summed E-state index contributed by atoms with van der Waals surface area (Å²) in [5.41, 5.74) is 6.82. The van der Waals surface area contributed by atoms with Crippen molar-refractivity contribution in [1.82, 2.24) is 0 Å². The van der Waals surface area contributed by atoms with Crippen LogP contribution in [-0.4, -0.2) is 24.7 Å². The van der Waals surface area contributed by atoms with Gasteiger partial charge in [-0.3, -0.25) is 9.59 Å². The molecule has 5 heteroatoms. The van der Waals surface area contributed by atoms with Crippen molar-refractivity contribution in [2.24, 2.45) is 5.92 Å². The Balaban J connectivity index is 1.53. The van der Waals surface area contributed by atoms with Crippen LogP contribution < -0.4 is 4.90 Å². The van der Waals surface area contributed by atoms with E-state index in [2.05, 4.69) is 29.2 Å². The predicted molar refractivity (Wildman–Crippen MR) is 136 cm³/mol. The number of benzene rings is 3. The van der Waals surface area contributed by atoms with Crippen LogP contribution in [0.1, 0.15) is 73.2 Å². The van der Waals surface area contributed by atoms with E-state index in [1.807, 2.05) is 0 Å². The van der Waals surface area contributed by atoms with E-state index in [4.69, 9.17) is 0 Å². The summed E-state index contributed by atoms with van der Waals surface area (Å²) in [5, 5.41) is 19.7. The Morgan fingerprint density at radius 2 is 1.39 bits per heavy atom. The number of Topliss-reactive ketones (excluding diaryl/α,β-unsaturated/α-hetero) is 2. The Morgan fingerprint density at radius 3 is 1.92 bits per heavy atom. The van der Waals surface area contributed by atoms with E-state index in [-0.39, 0.29) is 11.6 Å². The normalized spacial score (nSPS) is 18.1. The molecule has 0 fully saturated rings. The molecule has 0 radical (unpaired) electrons. The summed E-state index contributed by atoms with van der Waals surface area (Å²) in [6.07, 6.45) is 4.07. The quantitative estimate of drug-likeness (QED) is 0.479. The van der Waals surface area contributed by atoms with Gasteiger partial charge in [0.25, 0.3) is 0 Å². The minimum Gasteiger partial charge on any atom is -0.371 e. The molecule has 0 aromatic heterocycles. The van der Waals surface area contributed by atoms with Crippen molar-refractivity contribution in [1.29, 1.82) is 10.5 Å². The van der Waals surface area contributed by atoms with Gasteiger partial charge in [-0.25, -0.2) is 0 Å². The highest BCUT2D eigenvalue weighted by atomic mass is 16.2. The number of anilines is 1. The van der Waals surface area contributed by atoms with E-state index >= 15 is 0 Å². The standard InChI is InChI=1S/C31H25N3O2/c32-17-19-9-11-20(12-10-19)26(18-33)27(28-30(35)24-7-1-2-8-25(24)31(28)36)23-15-21-5-3-13-34-14-4-6-22(16-23)29(21)34/h1-2,7-12,15-16,26-28H,3-6,13-14H2. The monoisotopic (exact) mass is 471 g/mol.